The van der Waals surface area contributed by atoms with E-state index < -0.39 is 11.5 Å². The number of carbonyl (C=O) groups excluding carboxylic acids is 1. The number of aliphatic imine (C=N–C) groups is 1. The number of likely N-dealkylation sites (N-methyl/N-ethyl adjacent to an activating group) is 1. The lowest BCUT2D eigenvalue weighted by Gasteiger charge is -2.21. The predicted octanol–water partition coefficient (Wildman–Crippen LogP) is 1.06. The van der Waals surface area contributed by atoms with Crippen LogP contribution in [0.3, 0.4) is 0 Å². The van der Waals surface area contributed by atoms with Crippen molar-refractivity contribution in [2.75, 3.05) is 18.5 Å². The Morgan fingerprint density at radius 3 is 2.74 bits per heavy atom. The molecule has 2 aliphatic heterocycles. The molecule has 0 saturated heterocycles. The molecule has 0 saturated carbocycles. The number of nitrogens with one attached hydrogen (secondary N) is 1. The Morgan fingerprint density at radius 1 is 1.48 bits per heavy atom. The molecular weight excluding hydrogens is 296 g/mol. The van der Waals surface area contributed by atoms with Gasteiger partial charge in [-0.2, -0.15) is 0 Å². The van der Waals surface area contributed by atoms with Crippen LogP contribution in [0, 0.1) is 5.92 Å². The van der Waals surface area contributed by atoms with E-state index in [1.807, 2.05) is 25.8 Å². The zero-order valence-corrected chi connectivity index (χ0v) is 13.7. The average molecular weight is 316 g/mol. The molecule has 0 fully saturated rings. The number of amides is 1. The maximum atomic E-state index is 12.3. The monoisotopic (exact) mass is 316 g/mol. The van der Waals surface area contributed by atoms with Crippen LogP contribution in [-0.4, -0.2) is 46.9 Å². The van der Waals surface area contributed by atoms with Gasteiger partial charge in [0.25, 0.3) is 5.91 Å². The third-order valence-corrected chi connectivity index (χ3v) is 4.77. The van der Waals surface area contributed by atoms with Gasteiger partial charge < -0.3 is 15.3 Å². The molecule has 1 aromatic rings. The molecule has 0 aliphatic carbocycles. The van der Waals surface area contributed by atoms with Gasteiger partial charge >= 0.3 is 5.97 Å². The molecule has 0 radical (unpaired) electrons. The normalized spacial score (nSPS) is 23.1. The highest BCUT2D eigenvalue weighted by Gasteiger charge is 2.43. The molecule has 2 N–H and O–H groups in total. The van der Waals surface area contributed by atoms with Gasteiger partial charge in [-0.05, 0) is 30.9 Å². The van der Waals surface area contributed by atoms with Crippen molar-refractivity contribution < 1.29 is 14.7 Å². The molecule has 1 aromatic heterocycles. The standard InChI is InChI=1S/C16H20N4O3/c1-8(2)16(3)15(23)18-12(19-16)11-10(14(21)22)7-9-5-6-20(4)13(9)17-11/h7-8H,5-6H2,1-4H3,(H,21,22)(H,18,19,23). The maximum Gasteiger partial charge on any atom is 0.338 e. The van der Waals surface area contributed by atoms with Crippen molar-refractivity contribution in [3.05, 3.63) is 22.9 Å². The molecule has 7 nitrogen and oxygen atoms in total. The van der Waals surface area contributed by atoms with Crippen molar-refractivity contribution in [2.45, 2.75) is 32.7 Å². The molecule has 0 aromatic carbocycles. The maximum absolute atomic E-state index is 12.3. The van der Waals surface area contributed by atoms with Gasteiger partial charge in [-0.15, -0.1) is 0 Å². The second-order valence-electron chi connectivity index (χ2n) is 6.56. The van der Waals surface area contributed by atoms with Crippen molar-refractivity contribution in [2.24, 2.45) is 10.9 Å². The van der Waals surface area contributed by atoms with Crippen LogP contribution in [0.15, 0.2) is 11.1 Å². The summed E-state index contributed by atoms with van der Waals surface area (Å²) < 4.78 is 0. The number of rotatable bonds is 3. The first-order chi connectivity index (χ1) is 10.7. The number of carboxylic acids is 1. The number of aromatic carboxylic acids is 1. The summed E-state index contributed by atoms with van der Waals surface area (Å²) in [6.07, 6.45) is 0.766. The Kier molecular flexibility index (Phi) is 3.39. The van der Waals surface area contributed by atoms with Gasteiger partial charge in [0, 0.05) is 13.6 Å². The lowest BCUT2D eigenvalue weighted by atomic mass is 9.89. The van der Waals surface area contributed by atoms with Crippen LogP contribution in [0.4, 0.5) is 5.82 Å². The average Bonchev–Trinajstić information content (AvgIpc) is 3.00. The Bertz CT molecular complexity index is 741. The van der Waals surface area contributed by atoms with E-state index in [0.29, 0.717) is 0 Å². The fraction of sp³-hybridized carbons (Fsp3) is 0.500. The second kappa shape index (κ2) is 5.04. The Morgan fingerprint density at radius 2 is 2.17 bits per heavy atom. The molecule has 3 rings (SSSR count). The zero-order chi connectivity index (χ0) is 16.9. The highest BCUT2D eigenvalue weighted by Crippen LogP contribution is 2.30. The SMILES string of the molecule is CC(C)C1(C)N=C(c2nc3c(cc2C(=O)O)CCN3C)NC1=O. The summed E-state index contributed by atoms with van der Waals surface area (Å²) in [5, 5.41) is 12.2. The summed E-state index contributed by atoms with van der Waals surface area (Å²) >= 11 is 0. The van der Waals surface area contributed by atoms with Crippen molar-refractivity contribution in [3.63, 3.8) is 0 Å². The van der Waals surface area contributed by atoms with E-state index in [1.165, 1.54) is 0 Å². The minimum absolute atomic E-state index is 0.00891. The van der Waals surface area contributed by atoms with Crippen molar-refractivity contribution >= 4 is 23.5 Å². The summed E-state index contributed by atoms with van der Waals surface area (Å²) in [5.41, 5.74) is 0.302. The minimum Gasteiger partial charge on any atom is -0.478 e. The summed E-state index contributed by atoms with van der Waals surface area (Å²) in [6.45, 7) is 6.37. The van der Waals surface area contributed by atoms with Crippen molar-refractivity contribution in [1.82, 2.24) is 10.3 Å². The first kappa shape index (κ1) is 15.5. The number of aromatic nitrogens is 1. The largest absolute Gasteiger partial charge is 0.478 e. The van der Waals surface area contributed by atoms with Crippen molar-refractivity contribution in [1.29, 1.82) is 0 Å². The number of carboxylic acid groups (broad SMARTS) is 1. The van der Waals surface area contributed by atoms with E-state index in [2.05, 4.69) is 15.3 Å². The number of nitrogens with zero attached hydrogens (tertiary/aromatic N) is 3. The summed E-state index contributed by atoms with van der Waals surface area (Å²) in [5.74, 6) is -0.313. The fourth-order valence-electron chi connectivity index (χ4n) is 2.85. The molecule has 0 spiro atoms. The van der Waals surface area contributed by atoms with E-state index in [1.54, 1.807) is 13.0 Å². The fourth-order valence-corrected chi connectivity index (χ4v) is 2.85. The quantitative estimate of drug-likeness (QED) is 0.869. The minimum atomic E-state index is -1.07. The molecular formula is C16H20N4O3. The van der Waals surface area contributed by atoms with Gasteiger partial charge in [0.2, 0.25) is 0 Å². The molecule has 0 bridgehead atoms. The van der Waals surface area contributed by atoms with Crippen LogP contribution >= 0.6 is 0 Å². The number of fused-ring (bicyclic) bond motifs is 1. The molecule has 1 unspecified atom stereocenters. The first-order valence-corrected chi connectivity index (χ1v) is 7.64. The van der Waals surface area contributed by atoms with Gasteiger partial charge in [0.05, 0.1) is 5.56 Å². The number of anilines is 1. The number of pyridine rings is 1. The topological polar surface area (TPSA) is 94.9 Å². The third-order valence-electron chi connectivity index (χ3n) is 4.77. The van der Waals surface area contributed by atoms with Gasteiger partial charge in [0.15, 0.2) is 5.84 Å². The van der Waals surface area contributed by atoms with Crippen LogP contribution in [0.2, 0.25) is 0 Å². The van der Waals surface area contributed by atoms with Gasteiger partial charge in [0.1, 0.15) is 17.1 Å². The van der Waals surface area contributed by atoms with Gasteiger partial charge in [-0.3, -0.25) is 4.79 Å². The van der Waals surface area contributed by atoms with E-state index >= 15 is 0 Å². The Labute approximate surface area is 134 Å². The lowest BCUT2D eigenvalue weighted by molar-refractivity contribution is -0.124. The second-order valence-corrected chi connectivity index (χ2v) is 6.56. The zero-order valence-electron chi connectivity index (χ0n) is 13.7. The molecule has 1 amide bonds. The number of hydrogen-bond acceptors (Lipinski definition) is 5. The smallest absolute Gasteiger partial charge is 0.338 e. The van der Waals surface area contributed by atoms with Crippen LogP contribution in [-0.2, 0) is 11.2 Å². The highest BCUT2D eigenvalue weighted by atomic mass is 16.4. The van der Waals surface area contributed by atoms with Gasteiger partial charge in [-0.25, -0.2) is 14.8 Å². The predicted molar refractivity (Wildman–Crippen MR) is 86.1 cm³/mol. The van der Waals surface area contributed by atoms with Crippen LogP contribution in [0.25, 0.3) is 0 Å². The Hall–Kier alpha value is -2.44. The van der Waals surface area contributed by atoms with Crippen LogP contribution in [0.1, 0.15) is 42.4 Å². The van der Waals surface area contributed by atoms with E-state index in [-0.39, 0.29) is 28.9 Å². The van der Waals surface area contributed by atoms with E-state index in [9.17, 15) is 14.7 Å². The highest BCUT2D eigenvalue weighted by molar-refractivity contribution is 6.17. The molecule has 23 heavy (non-hydrogen) atoms. The molecule has 2 aliphatic rings. The third kappa shape index (κ3) is 2.27. The van der Waals surface area contributed by atoms with Crippen molar-refractivity contribution in [3.8, 4) is 0 Å². The number of hydrogen-bond donors (Lipinski definition) is 2. The lowest BCUT2D eigenvalue weighted by Crippen LogP contribution is -2.41. The molecule has 1 atom stereocenters. The van der Waals surface area contributed by atoms with E-state index in [0.717, 1.165) is 24.3 Å². The summed E-state index contributed by atoms with van der Waals surface area (Å²) in [6, 6.07) is 1.64. The van der Waals surface area contributed by atoms with E-state index in [4.69, 9.17) is 0 Å². The van der Waals surface area contributed by atoms with Crippen LogP contribution < -0.4 is 10.2 Å². The van der Waals surface area contributed by atoms with Crippen LogP contribution in [0.5, 0.6) is 0 Å². The number of amidine groups is 1. The first-order valence-electron chi connectivity index (χ1n) is 7.64. The van der Waals surface area contributed by atoms with Gasteiger partial charge in [-0.1, -0.05) is 13.8 Å². The summed E-state index contributed by atoms with van der Waals surface area (Å²) in [7, 11) is 1.91. The number of carbonyl (C=O) groups is 2. The molecule has 122 valence electrons. The molecule has 7 heteroatoms. The summed E-state index contributed by atoms with van der Waals surface area (Å²) in [4.78, 5) is 34.9. The Balaban J connectivity index is 2.15. The molecule has 3 heterocycles.